The van der Waals surface area contributed by atoms with Crippen molar-refractivity contribution in [1.29, 1.82) is 5.26 Å². The third-order valence-electron chi connectivity index (χ3n) is 9.37. The molecule has 2 heterocycles. The van der Waals surface area contributed by atoms with Crippen molar-refractivity contribution in [3.05, 3.63) is 175 Å². The van der Waals surface area contributed by atoms with Crippen molar-refractivity contribution in [2.45, 2.75) is 0 Å². The molecule has 0 amide bonds. The Hall–Kier alpha value is -6.88. The van der Waals surface area contributed by atoms with E-state index < -0.39 is 0 Å². The van der Waals surface area contributed by atoms with Crippen molar-refractivity contribution >= 4 is 49.3 Å². The van der Waals surface area contributed by atoms with Crippen LogP contribution in [0.2, 0.25) is 0 Å². The van der Waals surface area contributed by atoms with E-state index >= 15 is 0 Å². The first-order valence-corrected chi connectivity index (χ1v) is 15.9. The highest BCUT2D eigenvalue weighted by Gasteiger charge is 2.19. The lowest BCUT2D eigenvalue weighted by Gasteiger charge is -2.18. The van der Waals surface area contributed by atoms with Gasteiger partial charge in [0.05, 0.1) is 40.4 Å². The van der Waals surface area contributed by atoms with Crippen LogP contribution in [0.3, 0.4) is 0 Å². The summed E-state index contributed by atoms with van der Waals surface area (Å²) in [6.07, 6.45) is 0. The van der Waals surface area contributed by atoms with Crippen LogP contribution in [-0.4, -0.2) is 9.13 Å². The molecule has 0 aliphatic carbocycles. The molecule has 0 radical (unpaired) electrons. The van der Waals surface area contributed by atoms with Crippen molar-refractivity contribution in [3.8, 4) is 39.7 Å². The van der Waals surface area contributed by atoms with E-state index in [1.54, 1.807) is 0 Å². The first-order valence-electron chi connectivity index (χ1n) is 15.9. The molecule has 0 N–H and O–H groups in total. The molecule has 0 fully saturated rings. The minimum atomic E-state index is 0.602. The first kappa shape index (κ1) is 27.4. The monoisotopic (exact) mass is 610 g/mol. The Balaban J connectivity index is 1.30. The van der Waals surface area contributed by atoms with E-state index in [2.05, 4.69) is 154 Å². The molecule has 7 aromatic carbocycles. The molecule has 0 atom stereocenters. The van der Waals surface area contributed by atoms with Crippen LogP contribution in [0.4, 0.5) is 5.69 Å². The minimum Gasteiger partial charge on any atom is -0.310 e. The lowest BCUT2D eigenvalue weighted by atomic mass is 9.91. The van der Waals surface area contributed by atoms with Gasteiger partial charge in [-0.1, -0.05) is 103 Å². The Bertz CT molecular complexity index is 2760. The maximum Gasteiger partial charge on any atom is 0.189 e. The van der Waals surface area contributed by atoms with Gasteiger partial charge in [-0.25, -0.2) is 4.85 Å². The fraction of sp³-hybridized carbons (Fsp3) is 0. The summed E-state index contributed by atoms with van der Waals surface area (Å²) < 4.78 is 4.59. The van der Waals surface area contributed by atoms with Crippen LogP contribution < -0.4 is 0 Å². The van der Waals surface area contributed by atoms with Crippen molar-refractivity contribution in [2.75, 3.05) is 0 Å². The molecule has 9 rings (SSSR count). The van der Waals surface area contributed by atoms with Crippen LogP contribution in [0.5, 0.6) is 0 Å². The van der Waals surface area contributed by atoms with E-state index in [1.165, 1.54) is 10.8 Å². The zero-order valence-corrected chi connectivity index (χ0v) is 25.8. The molecule has 0 aliphatic heterocycles. The molecule has 0 saturated heterocycles. The van der Waals surface area contributed by atoms with Gasteiger partial charge in [0, 0.05) is 38.3 Å². The number of nitriles is 1. The Morgan fingerprint density at radius 3 is 1.79 bits per heavy atom. The quantitative estimate of drug-likeness (QED) is 0.183. The van der Waals surface area contributed by atoms with E-state index in [9.17, 15) is 5.26 Å². The molecule has 9 aromatic rings. The average molecular weight is 611 g/mol. The summed E-state index contributed by atoms with van der Waals surface area (Å²) in [4.78, 5) is 3.75. The molecule has 0 bridgehead atoms. The summed E-state index contributed by atoms with van der Waals surface area (Å²) in [7, 11) is 0. The normalized spacial score (nSPS) is 11.3. The largest absolute Gasteiger partial charge is 0.310 e. The van der Waals surface area contributed by atoms with Crippen LogP contribution in [0, 0.1) is 17.9 Å². The lowest BCUT2D eigenvalue weighted by molar-refractivity contribution is 1.18. The van der Waals surface area contributed by atoms with Gasteiger partial charge in [0.1, 0.15) is 0 Å². The van der Waals surface area contributed by atoms with Gasteiger partial charge in [-0.2, -0.15) is 5.26 Å². The number of aromatic nitrogens is 2. The number of rotatable bonds is 4. The maximum atomic E-state index is 10.0. The van der Waals surface area contributed by atoms with Crippen LogP contribution in [-0.2, 0) is 0 Å². The van der Waals surface area contributed by atoms with Gasteiger partial charge in [0.25, 0.3) is 0 Å². The van der Waals surface area contributed by atoms with E-state index in [4.69, 9.17) is 6.57 Å². The van der Waals surface area contributed by atoms with E-state index in [0.717, 1.165) is 66.5 Å². The summed E-state index contributed by atoms with van der Waals surface area (Å²) in [6.45, 7) is 7.71. The van der Waals surface area contributed by atoms with Gasteiger partial charge < -0.3 is 9.13 Å². The third-order valence-corrected chi connectivity index (χ3v) is 9.37. The van der Waals surface area contributed by atoms with Gasteiger partial charge in [-0.05, 0) is 71.3 Å². The highest BCUT2D eigenvalue weighted by Crippen LogP contribution is 2.41. The summed E-state index contributed by atoms with van der Waals surface area (Å²) in [5, 5.41) is 14.7. The topological polar surface area (TPSA) is 38.0 Å². The second-order valence-corrected chi connectivity index (χ2v) is 12.0. The molecule has 0 saturated carbocycles. The SMILES string of the molecule is [C-]#[N+]c1ccc2c3ccccc3n(-c3ccccc3-c3ccc(C#N)cc3-c3cccc(-n4c5ccccc5c5ccccc54)c3)c2c1. The molecule has 2 aromatic heterocycles. The Morgan fingerprint density at radius 1 is 0.479 bits per heavy atom. The van der Waals surface area contributed by atoms with Gasteiger partial charge in [-0.15, -0.1) is 0 Å². The van der Waals surface area contributed by atoms with Crippen molar-refractivity contribution in [3.63, 3.8) is 0 Å². The van der Waals surface area contributed by atoms with Crippen LogP contribution >= 0.6 is 0 Å². The minimum absolute atomic E-state index is 0.602. The number of fused-ring (bicyclic) bond motifs is 6. The Kier molecular flexibility index (Phi) is 6.22. The summed E-state index contributed by atoms with van der Waals surface area (Å²) in [5.41, 5.74) is 11.7. The standard InChI is InChI=1S/C44H26N4/c1-46-31-22-24-38-37-16-5-9-20-43(37)48(44(38)27-31)42-19-8-2-13-34(42)33-23-21-29(28-45)25-39(33)30-11-10-12-32(26-30)47-40-17-6-3-14-35(40)36-15-4-7-18-41(36)47/h2-27H. The molecule has 4 nitrogen and oxygen atoms in total. The van der Waals surface area contributed by atoms with Crippen molar-refractivity contribution < 1.29 is 0 Å². The lowest BCUT2D eigenvalue weighted by Crippen LogP contribution is -1.99. The molecular formula is C44H26N4. The first-order chi connectivity index (χ1) is 23.7. The fourth-order valence-electron chi connectivity index (χ4n) is 7.29. The summed E-state index contributed by atoms with van der Waals surface area (Å²) in [5.74, 6) is 0. The van der Waals surface area contributed by atoms with Crippen LogP contribution in [0.1, 0.15) is 5.56 Å². The number of hydrogen-bond donors (Lipinski definition) is 0. The van der Waals surface area contributed by atoms with Crippen LogP contribution in [0.15, 0.2) is 158 Å². The second kappa shape index (κ2) is 10.9. The molecule has 4 heteroatoms. The number of hydrogen-bond acceptors (Lipinski definition) is 1. The molecular weight excluding hydrogens is 585 g/mol. The fourth-order valence-corrected chi connectivity index (χ4v) is 7.29. The average Bonchev–Trinajstić information content (AvgIpc) is 3.67. The molecule has 48 heavy (non-hydrogen) atoms. The maximum absolute atomic E-state index is 10.0. The second-order valence-electron chi connectivity index (χ2n) is 12.0. The molecule has 0 spiro atoms. The molecule has 0 aliphatic rings. The Labute approximate surface area is 277 Å². The van der Waals surface area contributed by atoms with E-state index in [0.29, 0.717) is 11.3 Å². The number of benzene rings is 7. The van der Waals surface area contributed by atoms with Gasteiger partial charge in [0.15, 0.2) is 5.69 Å². The Morgan fingerprint density at radius 2 is 1.10 bits per heavy atom. The smallest absolute Gasteiger partial charge is 0.189 e. The van der Waals surface area contributed by atoms with Crippen molar-refractivity contribution in [1.82, 2.24) is 9.13 Å². The third kappa shape index (κ3) is 4.14. The van der Waals surface area contributed by atoms with Crippen molar-refractivity contribution in [2.24, 2.45) is 0 Å². The summed E-state index contributed by atoms with van der Waals surface area (Å²) >= 11 is 0. The van der Waals surface area contributed by atoms with Gasteiger partial charge in [-0.3, -0.25) is 0 Å². The zero-order chi connectivity index (χ0) is 32.2. The van der Waals surface area contributed by atoms with E-state index in [-0.39, 0.29) is 0 Å². The molecule has 222 valence electrons. The van der Waals surface area contributed by atoms with E-state index in [1.807, 2.05) is 24.3 Å². The summed E-state index contributed by atoms with van der Waals surface area (Å²) in [6, 6.07) is 56.7. The van der Waals surface area contributed by atoms with Crippen LogP contribution in [0.25, 0.3) is 82.1 Å². The number of nitrogens with zero attached hydrogens (tertiary/aromatic N) is 4. The molecule has 0 unspecified atom stereocenters. The van der Waals surface area contributed by atoms with Gasteiger partial charge >= 0.3 is 0 Å². The number of para-hydroxylation sites is 4. The highest BCUT2D eigenvalue weighted by atomic mass is 15.0. The highest BCUT2D eigenvalue weighted by molar-refractivity contribution is 6.11. The predicted molar refractivity (Wildman–Crippen MR) is 197 cm³/mol. The zero-order valence-electron chi connectivity index (χ0n) is 25.8. The predicted octanol–water partition coefficient (Wildman–Crippen LogP) is 11.6. The van der Waals surface area contributed by atoms with Gasteiger partial charge in [0.2, 0.25) is 0 Å².